The van der Waals surface area contributed by atoms with E-state index in [1.807, 2.05) is 24.3 Å². The first-order valence-electron chi connectivity index (χ1n) is 6.15. The van der Waals surface area contributed by atoms with Crippen LogP contribution in [0.3, 0.4) is 0 Å². The van der Waals surface area contributed by atoms with E-state index in [4.69, 9.17) is 0 Å². The maximum Gasteiger partial charge on any atom is 0.262 e. The van der Waals surface area contributed by atoms with E-state index >= 15 is 0 Å². The van der Waals surface area contributed by atoms with Gasteiger partial charge in [0.15, 0.2) is 0 Å². The van der Waals surface area contributed by atoms with Gasteiger partial charge in [-0.3, -0.25) is 14.3 Å². The van der Waals surface area contributed by atoms with Gasteiger partial charge in [-0.15, -0.1) is 11.3 Å². The van der Waals surface area contributed by atoms with Crippen molar-refractivity contribution in [1.29, 1.82) is 0 Å². The first-order valence-corrected chi connectivity index (χ1v) is 6.97. The molecule has 0 saturated carbocycles. The number of hydrogen-bond acceptors (Lipinski definition) is 4. The molecule has 0 aliphatic carbocycles. The molecule has 5 heteroatoms. The summed E-state index contributed by atoms with van der Waals surface area (Å²) < 4.78 is 1.61. The summed E-state index contributed by atoms with van der Waals surface area (Å²) in [6.07, 6.45) is 4.27. The maximum absolute atomic E-state index is 12.4. The monoisotopic (exact) mass is 271 g/mol. The van der Waals surface area contributed by atoms with Gasteiger partial charge in [0.2, 0.25) is 0 Å². The summed E-state index contributed by atoms with van der Waals surface area (Å²) in [5, 5.41) is 0.709. The Morgan fingerprint density at radius 2 is 2.21 bits per heavy atom. The van der Waals surface area contributed by atoms with E-state index in [-0.39, 0.29) is 5.56 Å². The molecule has 0 unspecified atom stereocenters. The van der Waals surface area contributed by atoms with Gasteiger partial charge in [0, 0.05) is 11.1 Å². The third-order valence-electron chi connectivity index (χ3n) is 2.98. The quantitative estimate of drug-likeness (QED) is 0.735. The van der Waals surface area contributed by atoms with Crippen molar-refractivity contribution in [1.82, 2.24) is 14.5 Å². The van der Waals surface area contributed by atoms with Crippen molar-refractivity contribution in [2.75, 3.05) is 0 Å². The van der Waals surface area contributed by atoms with Crippen molar-refractivity contribution >= 4 is 21.6 Å². The lowest BCUT2D eigenvalue weighted by molar-refractivity contribution is 0.730. The Hall–Kier alpha value is -2.01. The Labute approximate surface area is 114 Å². The second-order valence-electron chi connectivity index (χ2n) is 4.28. The number of aromatic nitrogens is 3. The minimum absolute atomic E-state index is 0.00611. The van der Waals surface area contributed by atoms with E-state index in [2.05, 4.69) is 16.9 Å². The minimum atomic E-state index is 0.00611. The minimum Gasteiger partial charge on any atom is -0.293 e. The molecule has 3 rings (SSSR count). The van der Waals surface area contributed by atoms with Crippen LogP contribution in [-0.4, -0.2) is 14.5 Å². The molecule has 3 heterocycles. The summed E-state index contributed by atoms with van der Waals surface area (Å²) in [5.41, 5.74) is 0.864. The summed E-state index contributed by atoms with van der Waals surface area (Å²) in [6.45, 7) is 2.54. The average Bonchev–Trinajstić information content (AvgIpc) is 2.87. The van der Waals surface area contributed by atoms with Gasteiger partial charge in [0.1, 0.15) is 4.83 Å². The summed E-state index contributed by atoms with van der Waals surface area (Å²) in [5.74, 6) is 0. The van der Waals surface area contributed by atoms with Crippen molar-refractivity contribution in [2.45, 2.75) is 19.9 Å². The molecule has 3 aromatic heterocycles. The molecule has 0 amide bonds. The van der Waals surface area contributed by atoms with E-state index in [1.54, 1.807) is 28.4 Å². The van der Waals surface area contributed by atoms with Gasteiger partial charge in [-0.2, -0.15) is 0 Å². The molecule has 0 bridgehead atoms. The van der Waals surface area contributed by atoms with Gasteiger partial charge in [0.05, 0.1) is 24.0 Å². The lowest BCUT2D eigenvalue weighted by Crippen LogP contribution is -2.20. The highest BCUT2D eigenvalue weighted by Crippen LogP contribution is 2.21. The van der Waals surface area contributed by atoms with Crippen LogP contribution in [0.5, 0.6) is 0 Å². The van der Waals surface area contributed by atoms with Crippen LogP contribution in [0.4, 0.5) is 0 Å². The summed E-state index contributed by atoms with van der Waals surface area (Å²) in [6, 6.07) is 7.63. The first-order chi connectivity index (χ1) is 9.28. The molecule has 0 spiro atoms. The molecule has 0 N–H and O–H groups in total. The van der Waals surface area contributed by atoms with Crippen LogP contribution in [-0.2, 0) is 13.0 Å². The zero-order valence-electron chi connectivity index (χ0n) is 10.5. The topological polar surface area (TPSA) is 47.8 Å². The van der Waals surface area contributed by atoms with Crippen molar-refractivity contribution in [3.05, 3.63) is 57.7 Å². The third kappa shape index (κ3) is 2.29. The second-order valence-corrected chi connectivity index (χ2v) is 5.40. The van der Waals surface area contributed by atoms with E-state index in [0.717, 1.165) is 16.9 Å². The van der Waals surface area contributed by atoms with Crippen LogP contribution in [0.15, 0.2) is 41.6 Å². The SMILES string of the molecule is CCc1cc2c(=O)n(Cc3ccccn3)cnc2s1. The van der Waals surface area contributed by atoms with Crippen molar-refractivity contribution in [3.63, 3.8) is 0 Å². The molecule has 0 radical (unpaired) electrons. The van der Waals surface area contributed by atoms with Crippen molar-refractivity contribution in [3.8, 4) is 0 Å². The standard InChI is InChI=1S/C14H13N3OS/c1-2-11-7-12-13(19-11)16-9-17(14(12)18)8-10-5-3-4-6-15-10/h3-7,9H,2,8H2,1H3. The smallest absolute Gasteiger partial charge is 0.262 e. The molecule has 0 aromatic carbocycles. The predicted octanol–water partition coefficient (Wildman–Crippen LogP) is 2.46. The lowest BCUT2D eigenvalue weighted by Gasteiger charge is -2.03. The number of hydrogen-bond donors (Lipinski definition) is 0. The molecule has 0 aliphatic rings. The molecule has 0 atom stereocenters. The Bertz CT molecular complexity index is 761. The van der Waals surface area contributed by atoms with E-state index < -0.39 is 0 Å². The van der Waals surface area contributed by atoms with Gasteiger partial charge >= 0.3 is 0 Å². The normalized spacial score (nSPS) is 11.0. The maximum atomic E-state index is 12.4. The Morgan fingerprint density at radius 3 is 2.95 bits per heavy atom. The van der Waals surface area contributed by atoms with Crippen LogP contribution < -0.4 is 5.56 Å². The van der Waals surface area contributed by atoms with Crippen LogP contribution >= 0.6 is 11.3 Å². The number of thiophene rings is 1. The van der Waals surface area contributed by atoms with Gasteiger partial charge in [0.25, 0.3) is 5.56 Å². The van der Waals surface area contributed by atoms with Crippen LogP contribution in [0.2, 0.25) is 0 Å². The number of fused-ring (bicyclic) bond motifs is 1. The molecule has 0 fully saturated rings. The zero-order valence-corrected chi connectivity index (χ0v) is 11.4. The van der Waals surface area contributed by atoms with E-state index in [9.17, 15) is 4.79 Å². The number of nitrogens with zero attached hydrogens (tertiary/aromatic N) is 3. The Balaban J connectivity index is 2.05. The molecule has 19 heavy (non-hydrogen) atoms. The fraction of sp³-hybridized carbons (Fsp3) is 0.214. The first kappa shape index (κ1) is 12.0. The molecule has 4 nitrogen and oxygen atoms in total. The van der Waals surface area contributed by atoms with Gasteiger partial charge in [-0.1, -0.05) is 13.0 Å². The van der Waals surface area contributed by atoms with E-state index in [1.165, 1.54) is 4.88 Å². The Kier molecular flexibility index (Phi) is 3.13. The molecular formula is C14H13N3OS. The lowest BCUT2D eigenvalue weighted by atomic mass is 10.3. The summed E-state index contributed by atoms with van der Waals surface area (Å²) in [4.78, 5) is 23.0. The Morgan fingerprint density at radius 1 is 1.32 bits per heavy atom. The number of aryl methyl sites for hydroxylation is 1. The van der Waals surface area contributed by atoms with Crippen molar-refractivity contribution in [2.24, 2.45) is 0 Å². The van der Waals surface area contributed by atoms with Crippen LogP contribution in [0.1, 0.15) is 17.5 Å². The summed E-state index contributed by atoms with van der Waals surface area (Å²) in [7, 11) is 0. The molecule has 0 aliphatic heterocycles. The average molecular weight is 271 g/mol. The van der Waals surface area contributed by atoms with Gasteiger partial charge in [-0.25, -0.2) is 4.98 Å². The third-order valence-corrected chi connectivity index (χ3v) is 4.16. The predicted molar refractivity (Wildman–Crippen MR) is 76.6 cm³/mol. The highest BCUT2D eigenvalue weighted by molar-refractivity contribution is 7.18. The number of pyridine rings is 1. The second kappa shape index (κ2) is 4.93. The molecular weight excluding hydrogens is 258 g/mol. The molecule has 3 aromatic rings. The van der Waals surface area contributed by atoms with E-state index in [0.29, 0.717) is 11.9 Å². The van der Waals surface area contributed by atoms with Crippen molar-refractivity contribution < 1.29 is 0 Å². The van der Waals surface area contributed by atoms with Gasteiger partial charge < -0.3 is 0 Å². The highest BCUT2D eigenvalue weighted by Gasteiger charge is 2.08. The highest BCUT2D eigenvalue weighted by atomic mass is 32.1. The fourth-order valence-corrected chi connectivity index (χ4v) is 2.89. The van der Waals surface area contributed by atoms with Crippen LogP contribution in [0.25, 0.3) is 10.2 Å². The summed E-state index contributed by atoms with van der Waals surface area (Å²) >= 11 is 1.59. The fourth-order valence-electron chi connectivity index (χ4n) is 1.96. The molecule has 0 saturated heterocycles. The van der Waals surface area contributed by atoms with Crippen LogP contribution in [0, 0.1) is 0 Å². The van der Waals surface area contributed by atoms with Gasteiger partial charge in [-0.05, 0) is 24.6 Å². The zero-order chi connectivity index (χ0) is 13.2. The largest absolute Gasteiger partial charge is 0.293 e. The molecule has 96 valence electrons. The number of rotatable bonds is 3.